The van der Waals surface area contributed by atoms with Crippen molar-refractivity contribution in [1.82, 2.24) is 5.01 Å². The number of nitrogens with one attached hydrogen (secondary N) is 1. The predicted molar refractivity (Wildman–Crippen MR) is 153 cm³/mol. The number of hydrogen-bond donors (Lipinski definition) is 1. The summed E-state index contributed by atoms with van der Waals surface area (Å²) in [7, 11) is 1.62. The van der Waals surface area contributed by atoms with Gasteiger partial charge in [0, 0.05) is 28.6 Å². The Labute approximate surface area is 234 Å². The topological polar surface area (TPSA) is 83.4 Å². The number of amidine groups is 1. The number of carbonyl (C=O) groups excluding carboxylic acids is 2. The van der Waals surface area contributed by atoms with Crippen molar-refractivity contribution in [2.75, 3.05) is 12.4 Å². The minimum atomic E-state index is -0.641. The first-order valence-corrected chi connectivity index (χ1v) is 13.6. The Morgan fingerprint density at radius 3 is 2.53 bits per heavy atom. The van der Waals surface area contributed by atoms with Crippen molar-refractivity contribution >= 4 is 63.3 Å². The van der Waals surface area contributed by atoms with Gasteiger partial charge in [-0.25, -0.2) is 5.01 Å². The summed E-state index contributed by atoms with van der Waals surface area (Å²) in [6.45, 7) is 1.89. The van der Waals surface area contributed by atoms with E-state index in [1.54, 1.807) is 24.3 Å². The number of nitrogens with zero attached hydrogens (tertiary/aromatic N) is 3. The van der Waals surface area contributed by atoms with Crippen LogP contribution in [-0.4, -0.2) is 40.1 Å². The number of thioether (sulfide) groups is 1. The monoisotopic (exact) mass is 566 g/mol. The molecule has 2 aliphatic heterocycles. The molecule has 5 rings (SSSR count). The first-order valence-electron chi connectivity index (χ1n) is 11.9. The number of hydrazone groups is 1. The lowest BCUT2D eigenvalue weighted by atomic mass is 9.98. The van der Waals surface area contributed by atoms with Gasteiger partial charge in [-0.1, -0.05) is 65.3 Å². The normalized spacial score (nSPS) is 18.8. The molecular formula is C28H24Cl2N4O3S. The second kappa shape index (κ2) is 11.2. The van der Waals surface area contributed by atoms with Crippen molar-refractivity contribution in [3.05, 3.63) is 93.5 Å². The first kappa shape index (κ1) is 26.3. The molecule has 7 nitrogen and oxygen atoms in total. The molecule has 0 saturated heterocycles. The predicted octanol–water partition coefficient (Wildman–Crippen LogP) is 6.49. The number of anilines is 1. The van der Waals surface area contributed by atoms with Crippen LogP contribution >= 0.6 is 35.0 Å². The number of hydrogen-bond acceptors (Lipinski definition) is 6. The van der Waals surface area contributed by atoms with Gasteiger partial charge in [0.25, 0.3) is 5.91 Å². The lowest BCUT2D eigenvalue weighted by Crippen LogP contribution is -2.25. The lowest BCUT2D eigenvalue weighted by molar-refractivity contribution is -0.121. The van der Waals surface area contributed by atoms with Crippen LogP contribution in [0.25, 0.3) is 0 Å². The summed E-state index contributed by atoms with van der Waals surface area (Å²) >= 11 is 13.5. The third-order valence-corrected chi connectivity index (χ3v) is 8.14. The molecule has 3 aromatic rings. The number of rotatable bonds is 6. The van der Waals surface area contributed by atoms with Gasteiger partial charge in [-0.15, -0.1) is 0 Å². The van der Waals surface area contributed by atoms with Gasteiger partial charge in [0.1, 0.15) is 11.0 Å². The van der Waals surface area contributed by atoms with Gasteiger partial charge >= 0.3 is 0 Å². The lowest BCUT2D eigenvalue weighted by Gasteiger charge is -2.23. The summed E-state index contributed by atoms with van der Waals surface area (Å²) in [6, 6.07) is 20.4. The average Bonchev–Trinajstić information content (AvgIpc) is 3.50. The Morgan fingerprint density at radius 2 is 1.84 bits per heavy atom. The summed E-state index contributed by atoms with van der Waals surface area (Å²) in [5, 5.41) is 10.5. The van der Waals surface area contributed by atoms with E-state index in [9.17, 15) is 9.59 Å². The van der Waals surface area contributed by atoms with Crippen LogP contribution < -0.4 is 10.1 Å². The number of carbonyl (C=O) groups is 2. The highest BCUT2D eigenvalue weighted by molar-refractivity contribution is 8.15. The summed E-state index contributed by atoms with van der Waals surface area (Å²) in [4.78, 5) is 29.8. The molecule has 0 bridgehead atoms. The summed E-state index contributed by atoms with van der Waals surface area (Å²) in [6.07, 6.45) is 0.595. The van der Waals surface area contributed by atoms with Crippen LogP contribution in [0.1, 0.15) is 35.6 Å². The Balaban J connectivity index is 1.34. The second-order valence-corrected chi connectivity index (χ2v) is 11.0. The van der Waals surface area contributed by atoms with Crippen LogP contribution in [0, 0.1) is 6.92 Å². The summed E-state index contributed by atoms with van der Waals surface area (Å²) in [5.74, 6) is 0.109. The van der Waals surface area contributed by atoms with Crippen LogP contribution in [0.15, 0.2) is 76.8 Å². The van der Waals surface area contributed by atoms with E-state index in [1.807, 2.05) is 61.5 Å². The van der Waals surface area contributed by atoms with Crippen molar-refractivity contribution in [2.45, 2.75) is 31.1 Å². The van der Waals surface area contributed by atoms with Crippen LogP contribution in [0.3, 0.4) is 0 Å². The van der Waals surface area contributed by atoms with Gasteiger partial charge < -0.3 is 10.1 Å². The van der Waals surface area contributed by atoms with Gasteiger partial charge in [0.05, 0.1) is 18.9 Å². The molecule has 0 aliphatic carbocycles. The minimum absolute atomic E-state index is 0.0171. The van der Waals surface area contributed by atoms with Crippen molar-refractivity contribution in [2.24, 2.45) is 10.1 Å². The van der Waals surface area contributed by atoms with E-state index in [2.05, 4.69) is 10.3 Å². The number of aryl methyl sites for hydroxylation is 1. The fraction of sp³-hybridized carbons (Fsp3) is 0.214. The number of benzene rings is 3. The molecule has 1 N–H and O–H groups in total. The van der Waals surface area contributed by atoms with Gasteiger partial charge in [-0.2, -0.15) is 10.1 Å². The molecule has 0 radical (unpaired) electrons. The molecular weight excluding hydrogens is 543 g/mol. The van der Waals surface area contributed by atoms with E-state index in [1.165, 1.54) is 11.8 Å². The molecule has 0 saturated carbocycles. The van der Waals surface area contributed by atoms with Gasteiger partial charge in [-0.05, 0) is 60.0 Å². The Morgan fingerprint density at radius 1 is 1.11 bits per heavy atom. The van der Waals surface area contributed by atoms with Crippen LogP contribution in [-0.2, 0) is 9.59 Å². The maximum absolute atomic E-state index is 12.8. The molecule has 0 spiro atoms. The van der Waals surface area contributed by atoms with E-state index in [0.29, 0.717) is 27.3 Å². The number of methoxy groups -OCH3 is 1. The number of amides is 2. The fourth-order valence-electron chi connectivity index (χ4n) is 4.24. The van der Waals surface area contributed by atoms with E-state index >= 15 is 0 Å². The fourth-order valence-corrected chi connectivity index (χ4v) is 5.61. The zero-order valence-corrected chi connectivity index (χ0v) is 23.0. The van der Waals surface area contributed by atoms with Gasteiger partial charge in [-0.3, -0.25) is 9.59 Å². The van der Waals surface area contributed by atoms with Crippen LogP contribution in [0.4, 0.5) is 5.69 Å². The zero-order chi connectivity index (χ0) is 26.8. The number of ether oxygens (including phenoxy) is 1. The molecule has 0 fully saturated rings. The van der Waals surface area contributed by atoms with E-state index in [4.69, 9.17) is 33.0 Å². The maximum atomic E-state index is 12.8. The third-order valence-electron chi connectivity index (χ3n) is 6.34. The van der Waals surface area contributed by atoms with Crippen molar-refractivity contribution in [3.63, 3.8) is 0 Å². The number of halogens is 2. The second-order valence-electron chi connectivity index (χ2n) is 8.95. The van der Waals surface area contributed by atoms with Crippen LogP contribution in [0.2, 0.25) is 10.0 Å². The highest BCUT2D eigenvalue weighted by atomic mass is 35.5. The van der Waals surface area contributed by atoms with Crippen molar-refractivity contribution < 1.29 is 14.3 Å². The zero-order valence-electron chi connectivity index (χ0n) is 20.7. The minimum Gasteiger partial charge on any atom is -0.497 e. The van der Waals surface area contributed by atoms with Crippen molar-refractivity contribution in [1.29, 1.82) is 0 Å². The van der Waals surface area contributed by atoms with Gasteiger partial charge in [0.15, 0.2) is 5.17 Å². The molecule has 10 heteroatoms. The third kappa shape index (κ3) is 5.72. The smallest absolute Gasteiger partial charge is 0.262 e. The maximum Gasteiger partial charge on any atom is 0.262 e. The van der Waals surface area contributed by atoms with Crippen LogP contribution in [0.5, 0.6) is 5.75 Å². The SMILES string of the molecule is COc1ccc([C@H]2CC(c3ccc(Cl)cc3)=NN2C2=NC(=O)[C@@H](CC(=O)Nc3ccc(C)c(Cl)c3)S2)cc1. The molecule has 194 valence electrons. The summed E-state index contributed by atoms with van der Waals surface area (Å²) in [5.41, 5.74) is 4.30. The van der Waals surface area contributed by atoms with E-state index in [0.717, 1.165) is 28.2 Å². The Hall–Kier alpha value is -3.33. The molecule has 38 heavy (non-hydrogen) atoms. The highest BCUT2D eigenvalue weighted by Crippen LogP contribution is 2.39. The largest absolute Gasteiger partial charge is 0.497 e. The van der Waals surface area contributed by atoms with E-state index in [-0.39, 0.29) is 24.3 Å². The molecule has 2 heterocycles. The molecule has 0 unspecified atom stereocenters. The highest BCUT2D eigenvalue weighted by Gasteiger charge is 2.39. The first-order chi connectivity index (χ1) is 18.3. The number of aliphatic imine (C=N–C) groups is 1. The standard InChI is InChI=1S/C28H24Cl2N4O3S/c1-16-3-10-20(13-22(16)30)31-26(35)15-25-27(36)32-28(38-25)34-24(18-6-11-21(37-2)12-7-18)14-23(33-34)17-4-8-19(29)9-5-17/h3-13,24-25H,14-15H2,1-2H3,(H,31,35)/t24-,25-/m1/s1. The van der Waals surface area contributed by atoms with Gasteiger partial charge in [0.2, 0.25) is 5.91 Å². The molecule has 2 amide bonds. The quantitative estimate of drug-likeness (QED) is 0.368. The Bertz CT molecular complexity index is 1440. The Kier molecular flexibility index (Phi) is 7.74. The molecule has 2 atom stereocenters. The van der Waals surface area contributed by atoms with E-state index < -0.39 is 5.25 Å². The molecule has 2 aliphatic rings. The molecule has 0 aromatic heterocycles. The molecule has 3 aromatic carbocycles. The van der Waals surface area contributed by atoms with Crippen molar-refractivity contribution in [3.8, 4) is 5.75 Å². The summed E-state index contributed by atoms with van der Waals surface area (Å²) < 4.78 is 5.31. The average molecular weight is 567 g/mol.